The summed E-state index contributed by atoms with van der Waals surface area (Å²) in [7, 11) is 2.16. The lowest BCUT2D eigenvalue weighted by atomic mass is 9.81. The Balaban J connectivity index is 1.45. The first-order valence-electron chi connectivity index (χ1n) is 14.2. The highest BCUT2D eigenvalue weighted by Crippen LogP contribution is 2.49. The van der Waals surface area contributed by atoms with Crippen molar-refractivity contribution in [1.29, 1.82) is 0 Å². The molecule has 0 atom stereocenters. The van der Waals surface area contributed by atoms with Crippen molar-refractivity contribution in [3.05, 3.63) is 47.5 Å². The molecule has 1 aliphatic carbocycles. The number of carbonyl (C=O) groups is 1. The summed E-state index contributed by atoms with van der Waals surface area (Å²) >= 11 is 0. The van der Waals surface area contributed by atoms with Gasteiger partial charge in [-0.2, -0.15) is 0 Å². The number of para-hydroxylation sites is 1. The van der Waals surface area contributed by atoms with Gasteiger partial charge >= 0.3 is 5.97 Å². The molecule has 2 aliphatic heterocycles. The van der Waals surface area contributed by atoms with Crippen LogP contribution in [0.1, 0.15) is 73.2 Å². The highest BCUT2D eigenvalue weighted by molar-refractivity contribution is 6.00. The van der Waals surface area contributed by atoms with Crippen LogP contribution in [0.15, 0.2) is 36.4 Å². The highest BCUT2D eigenvalue weighted by atomic mass is 16.5. The van der Waals surface area contributed by atoms with E-state index in [-0.39, 0.29) is 0 Å². The molecule has 3 aliphatic rings. The van der Waals surface area contributed by atoms with E-state index >= 15 is 0 Å². The van der Waals surface area contributed by atoms with Crippen LogP contribution in [0.5, 0.6) is 5.75 Å². The molecular weight excluding hydrogens is 462 g/mol. The number of likely N-dealkylation sites (tertiary alicyclic amines) is 1. The van der Waals surface area contributed by atoms with Crippen molar-refractivity contribution in [1.82, 2.24) is 9.47 Å². The van der Waals surface area contributed by atoms with Gasteiger partial charge in [0.2, 0.25) is 0 Å². The summed E-state index contributed by atoms with van der Waals surface area (Å²) < 4.78 is 8.88. The summed E-state index contributed by atoms with van der Waals surface area (Å²) in [6, 6.07) is 12.2. The van der Waals surface area contributed by atoms with Gasteiger partial charge in [0.25, 0.3) is 0 Å². The Kier molecular flexibility index (Phi) is 6.85. The Morgan fingerprint density at radius 1 is 0.973 bits per heavy atom. The third-order valence-electron chi connectivity index (χ3n) is 8.77. The lowest BCUT2D eigenvalue weighted by Gasteiger charge is -2.27. The number of aromatic carboxylic acids is 1. The molecule has 0 radical (unpaired) electrons. The number of likely N-dealkylation sites (N-methyl/N-ethyl adjacent to an activating group) is 1. The predicted octanol–water partition coefficient (Wildman–Crippen LogP) is 6.37. The van der Waals surface area contributed by atoms with E-state index in [2.05, 4.69) is 45.7 Å². The van der Waals surface area contributed by atoms with Crippen molar-refractivity contribution in [2.45, 2.75) is 63.8 Å². The maximum Gasteiger partial charge on any atom is 0.335 e. The van der Waals surface area contributed by atoms with Gasteiger partial charge in [-0.05, 0) is 68.5 Å². The van der Waals surface area contributed by atoms with Crippen LogP contribution < -0.4 is 9.64 Å². The lowest BCUT2D eigenvalue weighted by molar-refractivity contribution is 0.0697. The molecule has 0 unspecified atom stereocenters. The Morgan fingerprint density at radius 3 is 2.54 bits per heavy atom. The Labute approximate surface area is 219 Å². The fourth-order valence-electron chi connectivity index (χ4n) is 6.89. The highest BCUT2D eigenvalue weighted by Gasteiger charge is 2.31. The minimum atomic E-state index is -0.868. The summed E-state index contributed by atoms with van der Waals surface area (Å²) in [6.45, 7) is 5.69. The van der Waals surface area contributed by atoms with Crippen molar-refractivity contribution < 1.29 is 14.6 Å². The maximum absolute atomic E-state index is 11.9. The van der Waals surface area contributed by atoms with Gasteiger partial charge in [0.1, 0.15) is 12.4 Å². The molecule has 3 heterocycles. The number of ether oxygens (including phenoxy) is 1. The fourth-order valence-corrected chi connectivity index (χ4v) is 6.89. The molecule has 0 bridgehead atoms. The summed E-state index contributed by atoms with van der Waals surface area (Å²) in [6.07, 6.45) is 10.2. The summed E-state index contributed by atoms with van der Waals surface area (Å²) in [5.74, 6) is 0.590. The van der Waals surface area contributed by atoms with Gasteiger partial charge in [0.15, 0.2) is 0 Å². The molecule has 0 amide bonds. The number of rotatable bonds is 6. The fraction of sp³-hybridized carbons (Fsp3) is 0.516. The molecule has 3 aromatic rings. The smallest absolute Gasteiger partial charge is 0.335 e. The molecule has 1 saturated carbocycles. The van der Waals surface area contributed by atoms with E-state index in [1.54, 1.807) is 6.07 Å². The minimum Gasteiger partial charge on any atom is -0.490 e. The molecule has 2 aromatic carbocycles. The Hall–Kier alpha value is -2.99. The second kappa shape index (κ2) is 10.4. The van der Waals surface area contributed by atoms with E-state index in [4.69, 9.17) is 4.74 Å². The summed E-state index contributed by atoms with van der Waals surface area (Å²) in [4.78, 5) is 16.7. The molecule has 1 aromatic heterocycles. The summed E-state index contributed by atoms with van der Waals surface area (Å²) in [5.41, 5.74) is 6.46. The van der Waals surface area contributed by atoms with E-state index in [9.17, 15) is 9.90 Å². The van der Waals surface area contributed by atoms with Crippen LogP contribution in [0.2, 0.25) is 0 Å². The first-order chi connectivity index (χ1) is 18.1. The first-order valence-corrected chi connectivity index (χ1v) is 14.2. The van der Waals surface area contributed by atoms with Crippen molar-refractivity contribution >= 4 is 22.6 Å². The largest absolute Gasteiger partial charge is 0.490 e. The maximum atomic E-state index is 11.9. The number of carboxylic acid groups (broad SMARTS) is 1. The molecule has 6 heteroatoms. The zero-order chi connectivity index (χ0) is 25.4. The Bertz CT molecular complexity index is 1280. The number of anilines is 1. The predicted molar refractivity (Wildman–Crippen MR) is 149 cm³/mol. The number of nitrogens with zero attached hydrogens (tertiary/aromatic N) is 3. The monoisotopic (exact) mass is 501 g/mol. The van der Waals surface area contributed by atoms with Crippen LogP contribution in [0.4, 0.5) is 5.69 Å². The number of hydrogen-bond donors (Lipinski definition) is 1. The second-order valence-electron chi connectivity index (χ2n) is 11.1. The van der Waals surface area contributed by atoms with Gasteiger partial charge in [-0.3, -0.25) is 4.90 Å². The van der Waals surface area contributed by atoms with Gasteiger partial charge in [-0.1, -0.05) is 43.9 Å². The quantitative estimate of drug-likeness (QED) is 0.425. The van der Waals surface area contributed by atoms with Crippen LogP contribution in [0.25, 0.3) is 22.2 Å². The zero-order valence-corrected chi connectivity index (χ0v) is 22.0. The van der Waals surface area contributed by atoms with Gasteiger partial charge in [-0.15, -0.1) is 0 Å². The van der Waals surface area contributed by atoms with Crippen molar-refractivity contribution in [2.24, 2.45) is 0 Å². The van der Waals surface area contributed by atoms with E-state index in [1.807, 2.05) is 6.07 Å². The van der Waals surface area contributed by atoms with Crippen molar-refractivity contribution in [2.75, 3.05) is 44.7 Å². The topological polar surface area (TPSA) is 57.9 Å². The molecule has 2 fully saturated rings. The minimum absolute atomic E-state index is 0.357. The van der Waals surface area contributed by atoms with Crippen LogP contribution in [0.3, 0.4) is 0 Å². The molecule has 196 valence electrons. The number of benzene rings is 2. The van der Waals surface area contributed by atoms with E-state index in [0.29, 0.717) is 18.1 Å². The van der Waals surface area contributed by atoms with Crippen molar-refractivity contribution in [3.63, 3.8) is 0 Å². The van der Waals surface area contributed by atoms with E-state index < -0.39 is 5.97 Å². The summed E-state index contributed by atoms with van der Waals surface area (Å²) in [5, 5.41) is 11.0. The van der Waals surface area contributed by atoms with E-state index in [0.717, 1.165) is 30.9 Å². The SMILES string of the molecule is CN1CCn2c(c(C3CCCCC3)c3ccc(C(=O)O)cc32)-c2cccc(OCCN3CCCCC3)c21. The van der Waals surface area contributed by atoms with Gasteiger partial charge in [0.05, 0.1) is 16.9 Å². The standard InChI is InChI=1S/C31H39N3O3/c1-32-17-18-34-26-21-23(31(35)36)13-14-24(26)28(22-9-4-2-5-10-22)30(34)25-11-8-12-27(29(25)32)37-20-19-33-15-6-3-7-16-33/h8,11-14,21-22H,2-7,9-10,15-20H2,1H3,(H,35,36). The average Bonchev–Trinajstić information content (AvgIpc) is 3.17. The normalized spacial score (nSPS) is 18.9. The molecular formula is C31H39N3O3. The van der Waals surface area contributed by atoms with Crippen molar-refractivity contribution in [3.8, 4) is 17.0 Å². The lowest BCUT2D eigenvalue weighted by Crippen LogP contribution is -2.33. The number of aromatic nitrogens is 1. The molecule has 6 nitrogen and oxygen atoms in total. The van der Waals surface area contributed by atoms with E-state index in [1.165, 1.54) is 92.4 Å². The van der Waals surface area contributed by atoms with Gasteiger partial charge in [0, 0.05) is 43.1 Å². The molecule has 1 N–H and O–H groups in total. The average molecular weight is 502 g/mol. The number of fused-ring (bicyclic) bond motifs is 5. The molecule has 0 spiro atoms. The molecule has 37 heavy (non-hydrogen) atoms. The second-order valence-corrected chi connectivity index (χ2v) is 11.1. The van der Waals surface area contributed by atoms with Crippen LogP contribution in [0, 0.1) is 0 Å². The third kappa shape index (κ3) is 4.61. The number of hydrogen-bond acceptors (Lipinski definition) is 4. The van der Waals surface area contributed by atoms with Crippen LogP contribution in [-0.2, 0) is 6.54 Å². The molecule has 1 saturated heterocycles. The number of piperidine rings is 1. The van der Waals surface area contributed by atoms with Crippen LogP contribution >= 0.6 is 0 Å². The van der Waals surface area contributed by atoms with Gasteiger partial charge in [-0.25, -0.2) is 4.79 Å². The zero-order valence-electron chi connectivity index (χ0n) is 22.0. The van der Waals surface area contributed by atoms with Crippen LogP contribution in [-0.4, -0.2) is 60.4 Å². The number of carboxylic acids is 1. The Morgan fingerprint density at radius 2 is 1.76 bits per heavy atom. The first kappa shape index (κ1) is 24.4. The molecule has 6 rings (SSSR count). The van der Waals surface area contributed by atoms with Gasteiger partial charge < -0.3 is 19.3 Å². The third-order valence-corrected chi connectivity index (χ3v) is 8.77.